The predicted octanol–water partition coefficient (Wildman–Crippen LogP) is 3.73. The van der Waals surface area contributed by atoms with Crippen LogP contribution in [0.1, 0.15) is 12.8 Å². The van der Waals surface area contributed by atoms with Gasteiger partial charge in [-0.25, -0.2) is 8.70 Å². The second-order valence-corrected chi connectivity index (χ2v) is 4.60. The van der Waals surface area contributed by atoms with Crippen LogP contribution in [-0.4, -0.2) is 17.9 Å². The first-order chi connectivity index (χ1) is 7.22. The summed E-state index contributed by atoms with van der Waals surface area (Å²) in [5.74, 6) is -0.186. The number of unbranched alkanes of at least 4 members (excludes halogenated alkanes) is 1. The van der Waals surface area contributed by atoms with Gasteiger partial charge in [0.05, 0.1) is 0 Å². The van der Waals surface area contributed by atoms with Crippen molar-refractivity contribution in [3.8, 4) is 0 Å². The van der Waals surface area contributed by atoms with E-state index in [9.17, 15) is 4.39 Å². The van der Waals surface area contributed by atoms with Crippen LogP contribution in [0.25, 0.3) is 0 Å². The van der Waals surface area contributed by atoms with Gasteiger partial charge in [0.2, 0.25) is 0 Å². The van der Waals surface area contributed by atoms with Crippen molar-refractivity contribution in [2.24, 2.45) is 0 Å². The molecule has 1 aromatic rings. The molecule has 3 heteroatoms. The van der Waals surface area contributed by atoms with Crippen LogP contribution in [0.5, 0.6) is 0 Å². The van der Waals surface area contributed by atoms with Crippen molar-refractivity contribution >= 4 is 11.9 Å². The van der Waals surface area contributed by atoms with E-state index >= 15 is 0 Å². The zero-order valence-electron chi connectivity index (χ0n) is 8.95. The highest BCUT2D eigenvalue weighted by Gasteiger charge is 2.00. The summed E-state index contributed by atoms with van der Waals surface area (Å²) >= 11 is 1.64. The van der Waals surface area contributed by atoms with Gasteiger partial charge in [0.15, 0.2) is 0 Å². The minimum absolute atomic E-state index is 0.186. The van der Waals surface area contributed by atoms with E-state index in [2.05, 4.69) is 10.9 Å². The molecule has 0 aliphatic carbocycles. The second kappa shape index (κ2) is 6.64. The first-order valence-corrected chi connectivity index (χ1v) is 5.75. The van der Waals surface area contributed by atoms with E-state index < -0.39 is 0 Å². The molecule has 0 amide bonds. The highest BCUT2D eigenvalue weighted by molar-refractivity contribution is 7.97. The van der Waals surface area contributed by atoms with E-state index in [1.54, 1.807) is 24.1 Å². The van der Waals surface area contributed by atoms with Gasteiger partial charge in [-0.05, 0) is 56.1 Å². The van der Waals surface area contributed by atoms with E-state index in [-0.39, 0.29) is 5.82 Å². The minimum atomic E-state index is -0.186. The molecule has 0 fully saturated rings. The fourth-order valence-electron chi connectivity index (χ4n) is 1.18. The summed E-state index contributed by atoms with van der Waals surface area (Å²) in [6.07, 6.45) is 4.07. The topological polar surface area (TPSA) is 3.24 Å². The summed E-state index contributed by atoms with van der Waals surface area (Å²) in [4.78, 5) is 1.07. The van der Waals surface area contributed by atoms with Gasteiger partial charge >= 0.3 is 0 Å². The molecule has 0 unspecified atom stereocenters. The minimum Gasteiger partial charge on any atom is -0.249 e. The molecular formula is C12H16FNS. The van der Waals surface area contributed by atoms with Crippen LogP contribution in [-0.2, 0) is 0 Å². The van der Waals surface area contributed by atoms with Crippen LogP contribution >= 0.6 is 11.9 Å². The molecule has 0 saturated heterocycles. The Kier molecular flexibility index (Phi) is 5.43. The summed E-state index contributed by atoms with van der Waals surface area (Å²) in [5.41, 5.74) is 0. The van der Waals surface area contributed by atoms with Crippen molar-refractivity contribution in [1.82, 2.24) is 4.31 Å². The molecule has 0 aromatic heterocycles. The Labute approximate surface area is 95.1 Å². The lowest BCUT2D eigenvalue weighted by atomic mass is 10.3. The average molecular weight is 225 g/mol. The second-order valence-electron chi connectivity index (χ2n) is 3.33. The fraction of sp³-hybridized carbons (Fsp3) is 0.333. The number of rotatable bonds is 6. The molecule has 1 aromatic carbocycles. The van der Waals surface area contributed by atoms with E-state index in [1.165, 1.54) is 12.1 Å². The van der Waals surface area contributed by atoms with Gasteiger partial charge in [-0.1, -0.05) is 6.08 Å². The van der Waals surface area contributed by atoms with Crippen LogP contribution in [0.4, 0.5) is 4.39 Å². The largest absolute Gasteiger partial charge is 0.249 e. The molecule has 0 N–H and O–H groups in total. The summed E-state index contributed by atoms with van der Waals surface area (Å²) < 4.78 is 14.8. The van der Waals surface area contributed by atoms with Gasteiger partial charge < -0.3 is 0 Å². The molecule has 1 nitrogen and oxygen atoms in total. The molecule has 15 heavy (non-hydrogen) atoms. The lowest BCUT2D eigenvalue weighted by Crippen LogP contribution is -2.10. The number of halogens is 1. The quantitative estimate of drug-likeness (QED) is 0.412. The zero-order valence-corrected chi connectivity index (χ0v) is 9.77. The maximum absolute atomic E-state index is 12.6. The van der Waals surface area contributed by atoms with Gasteiger partial charge in [-0.3, -0.25) is 0 Å². The van der Waals surface area contributed by atoms with Gasteiger partial charge in [0.1, 0.15) is 5.82 Å². The summed E-state index contributed by atoms with van der Waals surface area (Å²) in [5, 5.41) is 0. The number of hydrogen-bond donors (Lipinski definition) is 0. The number of benzene rings is 1. The van der Waals surface area contributed by atoms with Gasteiger partial charge in [-0.2, -0.15) is 0 Å². The van der Waals surface area contributed by atoms with E-state index in [4.69, 9.17) is 0 Å². The van der Waals surface area contributed by atoms with Crippen LogP contribution in [0.15, 0.2) is 41.8 Å². The van der Waals surface area contributed by atoms with Crippen molar-refractivity contribution in [2.75, 3.05) is 13.6 Å². The van der Waals surface area contributed by atoms with E-state index in [0.717, 1.165) is 24.3 Å². The number of nitrogens with zero attached hydrogens (tertiary/aromatic N) is 1. The maximum Gasteiger partial charge on any atom is 0.123 e. The molecule has 0 radical (unpaired) electrons. The third-order valence-corrected chi connectivity index (χ3v) is 2.93. The Balaban J connectivity index is 2.34. The third kappa shape index (κ3) is 5.00. The van der Waals surface area contributed by atoms with Crippen molar-refractivity contribution in [2.45, 2.75) is 17.7 Å². The molecule has 0 atom stereocenters. The first-order valence-electron chi connectivity index (χ1n) is 4.98. The lowest BCUT2D eigenvalue weighted by Gasteiger charge is -2.14. The highest BCUT2D eigenvalue weighted by Crippen LogP contribution is 2.21. The van der Waals surface area contributed by atoms with Crippen LogP contribution in [0, 0.1) is 5.82 Å². The van der Waals surface area contributed by atoms with Crippen LogP contribution in [0.3, 0.4) is 0 Å². The number of allylic oxidation sites excluding steroid dienone is 1. The van der Waals surface area contributed by atoms with E-state index in [0.29, 0.717) is 0 Å². The SMILES string of the molecule is C=CCCCN(C)Sc1ccc(F)cc1. The molecule has 82 valence electrons. The van der Waals surface area contributed by atoms with Gasteiger partial charge in [-0.15, -0.1) is 6.58 Å². The third-order valence-electron chi connectivity index (χ3n) is 1.96. The van der Waals surface area contributed by atoms with E-state index in [1.807, 2.05) is 13.1 Å². The molecule has 1 rings (SSSR count). The molecule has 0 spiro atoms. The molecule has 0 heterocycles. The molecule has 0 bridgehead atoms. The van der Waals surface area contributed by atoms with Crippen LogP contribution < -0.4 is 0 Å². The van der Waals surface area contributed by atoms with Crippen molar-refractivity contribution in [1.29, 1.82) is 0 Å². The zero-order chi connectivity index (χ0) is 11.1. The Morgan fingerprint density at radius 2 is 2.07 bits per heavy atom. The Morgan fingerprint density at radius 1 is 1.40 bits per heavy atom. The lowest BCUT2D eigenvalue weighted by molar-refractivity contribution is 0.545. The number of hydrogen-bond acceptors (Lipinski definition) is 2. The highest BCUT2D eigenvalue weighted by atomic mass is 32.2. The molecule has 0 aliphatic heterocycles. The summed E-state index contributed by atoms with van der Waals surface area (Å²) in [6.45, 7) is 4.69. The van der Waals surface area contributed by atoms with Gasteiger partial charge in [0.25, 0.3) is 0 Å². The van der Waals surface area contributed by atoms with Crippen molar-refractivity contribution in [3.05, 3.63) is 42.7 Å². The van der Waals surface area contributed by atoms with Crippen molar-refractivity contribution < 1.29 is 4.39 Å². The Hall–Kier alpha value is -0.800. The summed E-state index contributed by atoms with van der Waals surface area (Å²) in [7, 11) is 2.04. The smallest absolute Gasteiger partial charge is 0.123 e. The fourth-order valence-corrected chi connectivity index (χ4v) is 2.02. The summed E-state index contributed by atoms with van der Waals surface area (Å²) in [6, 6.07) is 6.56. The molecular weight excluding hydrogens is 209 g/mol. The Bertz CT molecular complexity index is 297. The molecule has 0 aliphatic rings. The van der Waals surface area contributed by atoms with Gasteiger partial charge in [0, 0.05) is 11.4 Å². The standard InChI is InChI=1S/C12H16FNS/c1-3-4-5-10-14(2)15-12-8-6-11(13)7-9-12/h3,6-9H,1,4-5,10H2,2H3. The van der Waals surface area contributed by atoms with Crippen molar-refractivity contribution in [3.63, 3.8) is 0 Å². The average Bonchev–Trinajstić information content (AvgIpc) is 2.22. The first kappa shape index (κ1) is 12.3. The molecule has 0 saturated carbocycles. The monoisotopic (exact) mass is 225 g/mol. The Morgan fingerprint density at radius 3 is 2.67 bits per heavy atom. The normalized spacial score (nSPS) is 10.6. The predicted molar refractivity (Wildman–Crippen MR) is 64.3 cm³/mol. The van der Waals surface area contributed by atoms with Crippen LogP contribution in [0.2, 0.25) is 0 Å². The maximum atomic E-state index is 12.6.